The summed E-state index contributed by atoms with van der Waals surface area (Å²) in [5, 5.41) is 5.23. The zero-order chi connectivity index (χ0) is 14.4. The van der Waals surface area contributed by atoms with Crippen LogP contribution in [-0.4, -0.2) is 25.5 Å². The molecular weight excluding hydrogens is 314 g/mol. The van der Waals surface area contributed by atoms with Crippen LogP contribution in [0.5, 0.6) is 0 Å². The van der Waals surface area contributed by atoms with Gasteiger partial charge in [0, 0.05) is 27.0 Å². The molecule has 1 aromatic carbocycles. The summed E-state index contributed by atoms with van der Waals surface area (Å²) in [7, 11) is -2.89. The van der Waals surface area contributed by atoms with Gasteiger partial charge >= 0.3 is 0 Å². The van der Waals surface area contributed by atoms with Gasteiger partial charge in [-0.2, -0.15) is 0 Å². The van der Waals surface area contributed by atoms with Gasteiger partial charge in [-0.25, -0.2) is 8.42 Å². The van der Waals surface area contributed by atoms with Crippen molar-refractivity contribution in [3.8, 4) is 0 Å². The smallest absolute Gasteiger partial charge is 0.152 e. The summed E-state index contributed by atoms with van der Waals surface area (Å²) in [6.45, 7) is 2.59. The average Bonchev–Trinajstić information content (AvgIpc) is 2.86. The minimum absolute atomic E-state index is 0.211. The maximum atomic E-state index is 11.6. The molecule has 1 aromatic heterocycles. The zero-order valence-corrected chi connectivity index (χ0v) is 13.5. The Labute approximate surface area is 127 Å². The summed E-state index contributed by atoms with van der Waals surface area (Å²) >= 11 is 8.06. The van der Waals surface area contributed by atoms with Crippen molar-refractivity contribution in [1.29, 1.82) is 0 Å². The molecule has 0 saturated carbocycles. The molecule has 1 aliphatic rings. The lowest BCUT2D eigenvalue weighted by atomic mass is 10.0. The van der Waals surface area contributed by atoms with Gasteiger partial charge < -0.3 is 5.32 Å². The first-order chi connectivity index (χ1) is 9.39. The monoisotopic (exact) mass is 329 g/mol. The first-order valence-corrected chi connectivity index (χ1v) is 9.52. The molecule has 1 unspecified atom stereocenters. The summed E-state index contributed by atoms with van der Waals surface area (Å²) in [6, 6.07) is 8.04. The van der Waals surface area contributed by atoms with Crippen LogP contribution >= 0.6 is 22.9 Å². The summed E-state index contributed by atoms with van der Waals surface area (Å²) in [5.74, 6) is 0.485. The van der Waals surface area contributed by atoms with E-state index in [9.17, 15) is 8.42 Å². The zero-order valence-electron chi connectivity index (χ0n) is 11.1. The number of hydrogen-bond acceptors (Lipinski definition) is 4. The molecule has 0 amide bonds. The van der Waals surface area contributed by atoms with Gasteiger partial charge in [-0.1, -0.05) is 29.8 Å². The maximum absolute atomic E-state index is 11.6. The molecule has 0 bridgehead atoms. The lowest BCUT2D eigenvalue weighted by molar-refractivity contribution is 0.397. The van der Waals surface area contributed by atoms with E-state index in [2.05, 4.69) is 11.4 Å². The Kier molecular flexibility index (Phi) is 3.57. The first-order valence-electron chi connectivity index (χ1n) is 6.50. The van der Waals surface area contributed by atoms with E-state index in [1.54, 1.807) is 11.3 Å². The van der Waals surface area contributed by atoms with Crippen LogP contribution in [-0.2, 0) is 16.4 Å². The third-order valence-electron chi connectivity index (χ3n) is 3.78. The second-order valence-corrected chi connectivity index (χ2v) is 9.29. The van der Waals surface area contributed by atoms with Gasteiger partial charge in [0.1, 0.15) is 0 Å². The molecule has 2 aromatic rings. The number of thiophene rings is 1. The average molecular weight is 330 g/mol. The minimum Gasteiger partial charge on any atom is -0.306 e. The van der Waals surface area contributed by atoms with Gasteiger partial charge in [0.25, 0.3) is 0 Å². The standard InChI is InChI=1S/C14H16ClNO2S2/c1-14(6-7-20(17,18)9-14)16-8-12-13(15)10-4-2-3-5-11(10)19-12/h2-5,16H,6-9H2,1H3. The number of fused-ring (bicyclic) bond motifs is 1. The van der Waals surface area contributed by atoms with Crippen molar-refractivity contribution >= 4 is 42.9 Å². The lowest BCUT2D eigenvalue weighted by Gasteiger charge is -2.23. The van der Waals surface area contributed by atoms with E-state index in [1.165, 1.54) is 4.70 Å². The highest BCUT2D eigenvalue weighted by Gasteiger charge is 2.37. The van der Waals surface area contributed by atoms with Crippen LogP contribution in [0.3, 0.4) is 0 Å². The molecule has 1 saturated heterocycles. The SMILES string of the molecule is CC1(NCc2sc3ccccc3c2Cl)CCS(=O)(=O)C1. The summed E-state index contributed by atoms with van der Waals surface area (Å²) in [6.07, 6.45) is 0.665. The Balaban J connectivity index is 1.79. The first kappa shape index (κ1) is 14.3. The molecule has 1 fully saturated rings. The number of hydrogen-bond donors (Lipinski definition) is 1. The predicted octanol–water partition coefficient (Wildman–Crippen LogP) is 3.22. The summed E-state index contributed by atoms with van der Waals surface area (Å²) < 4.78 is 24.4. The second-order valence-electron chi connectivity index (χ2n) is 5.59. The highest BCUT2D eigenvalue weighted by atomic mass is 35.5. The Hall–Kier alpha value is -0.620. The van der Waals surface area contributed by atoms with Crippen molar-refractivity contribution in [2.45, 2.75) is 25.4 Å². The van der Waals surface area contributed by atoms with E-state index in [1.807, 2.05) is 25.1 Å². The van der Waals surface area contributed by atoms with Crippen LogP contribution in [0.1, 0.15) is 18.2 Å². The van der Waals surface area contributed by atoms with Crippen LogP contribution < -0.4 is 5.32 Å². The summed E-state index contributed by atoms with van der Waals surface area (Å²) in [5.41, 5.74) is -0.335. The van der Waals surface area contributed by atoms with Gasteiger partial charge in [0.05, 0.1) is 16.5 Å². The van der Waals surface area contributed by atoms with E-state index in [0.29, 0.717) is 13.0 Å². The molecular formula is C14H16ClNO2S2. The van der Waals surface area contributed by atoms with Crippen LogP contribution in [0.25, 0.3) is 10.1 Å². The molecule has 0 radical (unpaired) electrons. The molecule has 3 rings (SSSR count). The normalized spacial score (nSPS) is 25.3. The van der Waals surface area contributed by atoms with Gasteiger partial charge in [-0.05, 0) is 19.4 Å². The van der Waals surface area contributed by atoms with E-state index >= 15 is 0 Å². The number of benzene rings is 1. The Morgan fingerprint density at radius 2 is 2.15 bits per heavy atom. The van der Waals surface area contributed by atoms with Crippen LogP contribution in [0.2, 0.25) is 5.02 Å². The van der Waals surface area contributed by atoms with Crippen LogP contribution in [0.4, 0.5) is 0 Å². The van der Waals surface area contributed by atoms with E-state index in [-0.39, 0.29) is 17.0 Å². The molecule has 2 heterocycles. The quantitative estimate of drug-likeness (QED) is 0.940. The van der Waals surface area contributed by atoms with Gasteiger partial charge in [0.15, 0.2) is 9.84 Å². The molecule has 20 heavy (non-hydrogen) atoms. The van der Waals surface area contributed by atoms with Crippen LogP contribution in [0.15, 0.2) is 24.3 Å². The molecule has 0 aliphatic carbocycles. The third-order valence-corrected chi connectivity index (χ3v) is 7.40. The Morgan fingerprint density at radius 1 is 1.40 bits per heavy atom. The number of nitrogens with one attached hydrogen (secondary N) is 1. The summed E-state index contributed by atoms with van der Waals surface area (Å²) in [4.78, 5) is 1.07. The van der Waals surface area contributed by atoms with Crippen molar-refractivity contribution < 1.29 is 8.42 Å². The second kappa shape index (κ2) is 4.98. The Bertz CT molecular complexity index is 754. The fraction of sp³-hybridized carbons (Fsp3) is 0.429. The topological polar surface area (TPSA) is 46.2 Å². The third kappa shape index (κ3) is 2.72. The molecule has 1 N–H and O–H groups in total. The van der Waals surface area contributed by atoms with E-state index in [4.69, 9.17) is 11.6 Å². The highest BCUT2D eigenvalue weighted by Crippen LogP contribution is 2.35. The maximum Gasteiger partial charge on any atom is 0.152 e. The molecule has 0 spiro atoms. The molecule has 1 aliphatic heterocycles. The largest absolute Gasteiger partial charge is 0.306 e. The Morgan fingerprint density at radius 3 is 2.80 bits per heavy atom. The van der Waals surface area contributed by atoms with Crippen molar-refractivity contribution in [2.75, 3.05) is 11.5 Å². The van der Waals surface area contributed by atoms with E-state index in [0.717, 1.165) is 15.3 Å². The fourth-order valence-corrected chi connectivity index (χ4v) is 6.18. The predicted molar refractivity (Wildman–Crippen MR) is 85.4 cm³/mol. The fourth-order valence-electron chi connectivity index (χ4n) is 2.62. The number of halogens is 1. The highest BCUT2D eigenvalue weighted by molar-refractivity contribution is 7.91. The minimum atomic E-state index is -2.89. The lowest BCUT2D eigenvalue weighted by Crippen LogP contribution is -2.42. The van der Waals surface area contributed by atoms with Gasteiger partial charge in [0.2, 0.25) is 0 Å². The van der Waals surface area contributed by atoms with E-state index < -0.39 is 9.84 Å². The van der Waals surface area contributed by atoms with Gasteiger partial charge in [-0.3, -0.25) is 0 Å². The van der Waals surface area contributed by atoms with Crippen molar-refractivity contribution in [1.82, 2.24) is 5.32 Å². The van der Waals surface area contributed by atoms with Crippen LogP contribution in [0, 0.1) is 0 Å². The van der Waals surface area contributed by atoms with Crippen molar-refractivity contribution in [3.63, 3.8) is 0 Å². The molecule has 108 valence electrons. The van der Waals surface area contributed by atoms with Crippen molar-refractivity contribution in [3.05, 3.63) is 34.2 Å². The number of rotatable bonds is 3. The van der Waals surface area contributed by atoms with Gasteiger partial charge in [-0.15, -0.1) is 11.3 Å². The molecule has 1 atom stereocenters. The van der Waals surface area contributed by atoms with Crippen molar-refractivity contribution in [2.24, 2.45) is 0 Å². The molecule has 6 heteroatoms. The number of sulfone groups is 1. The molecule has 3 nitrogen and oxygen atoms in total.